The van der Waals surface area contributed by atoms with Crippen LogP contribution < -0.4 is 15.4 Å². The SMILES string of the molecule is CC(C)COCC(Cc1ccc(-c2cccc(OC(F)(F)F)c2)cc1)Nc1ccc(C(=O)NCCC(=O)O)cc1. The number of amides is 1. The van der Waals surface area contributed by atoms with Crippen molar-refractivity contribution in [3.05, 3.63) is 83.9 Å². The average Bonchev–Trinajstić information content (AvgIpc) is 2.88. The number of hydrogen-bond acceptors (Lipinski definition) is 5. The molecular formula is C30H33F3N2O5. The van der Waals surface area contributed by atoms with Crippen molar-refractivity contribution in [1.82, 2.24) is 5.32 Å². The molecule has 0 radical (unpaired) electrons. The number of carbonyl (C=O) groups is 2. The Hall–Kier alpha value is -4.05. The Kier molecular flexibility index (Phi) is 11.0. The Bertz CT molecular complexity index is 1250. The molecule has 0 saturated carbocycles. The number of carbonyl (C=O) groups excluding carboxylic acids is 1. The number of hydrogen-bond donors (Lipinski definition) is 3. The second kappa shape index (κ2) is 14.4. The topological polar surface area (TPSA) is 96.9 Å². The molecule has 0 spiro atoms. The Balaban J connectivity index is 1.66. The van der Waals surface area contributed by atoms with Gasteiger partial charge in [0.25, 0.3) is 5.91 Å². The maximum absolute atomic E-state index is 12.6. The number of anilines is 1. The summed E-state index contributed by atoms with van der Waals surface area (Å²) in [7, 11) is 0. The third-order valence-electron chi connectivity index (χ3n) is 5.75. The highest BCUT2D eigenvalue weighted by molar-refractivity contribution is 5.94. The molecule has 0 heterocycles. The summed E-state index contributed by atoms with van der Waals surface area (Å²) >= 11 is 0. The van der Waals surface area contributed by atoms with Gasteiger partial charge in [0.15, 0.2) is 0 Å². The van der Waals surface area contributed by atoms with Gasteiger partial charge in [-0.2, -0.15) is 0 Å². The van der Waals surface area contributed by atoms with Crippen LogP contribution in [0, 0.1) is 5.92 Å². The highest BCUT2D eigenvalue weighted by Crippen LogP contribution is 2.28. The van der Waals surface area contributed by atoms with Crippen molar-refractivity contribution in [2.45, 2.75) is 39.1 Å². The van der Waals surface area contributed by atoms with Gasteiger partial charge in [-0.25, -0.2) is 0 Å². The average molecular weight is 559 g/mol. The van der Waals surface area contributed by atoms with Crippen LogP contribution in [0.1, 0.15) is 36.2 Å². The smallest absolute Gasteiger partial charge is 0.481 e. The predicted molar refractivity (Wildman–Crippen MR) is 146 cm³/mol. The number of rotatable bonds is 14. The first kappa shape index (κ1) is 30.5. The molecule has 214 valence electrons. The van der Waals surface area contributed by atoms with Crippen LogP contribution in [0.4, 0.5) is 18.9 Å². The lowest BCUT2D eigenvalue weighted by Gasteiger charge is -2.21. The fraction of sp³-hybridized carbons (Fsp3) is 0.333. The van der Waals surface area contributed by atoms with E-state index in [4.69, 9.17) is 9.84 Å². The second-order valence-corrected chi connectivity index (χ2v) is 9.73. The second-order valence-electron chi connectivity index (χ2n) is 9.73. The van der Waals surface area contributed by atoms with Crippen molar-refractivity contribution in [1.29, 1.82) is 0 Å². The van der Waals surface area contributed by atoms with Crippen molar-refractivity contribution in [2.24, 2.45) is 5.92 Å². The fourth-order valence-electron chi connectivity index (χ4n) is 3.93. The van der Waals surface area contributed by atoms with E-state index in [1.165, 1.54) is 18.2 Å². The van der Waals surface area contributed by atoms with Crippen molar-refractivity contribution in [3.8, 4) is 16.9 Å². The summed E-state index contributed by atoms with van der Waals surface area (Å²) in [6.45, 7) is 5.22. The monoisotopic (exact) mass is 558 g/mol. The third kappa shape index (κ3) is 10.6. The van der Waals surface area contributed by atoms with Crippen LogP contribution >= 0.6 is 0 Å². The summed E-state index contributed by atoms with van der Waals surface area (Å²) in [6.07, 6.45) is -4.28. The van der Waals surface area contributed by atoms with Crippen LogP contribution in [0.2, 0.25) is 0 Å². The van der Waals surface area contributed by atoms with Gasteiger partial charge in [0, 0.05) is 24.4 Å². The molecule has 1 unspecified atom stereocenters. The van der Waals surface area contributed by atoms with Crippen LogP contribution in [0.15, 0.2) is 72.8 Å². The fourth-order valence-corrected chi connectivity index (χ4v) is 3.93. The standard InChI is InChI=1S/C30H33F3N2O5/c1-20(2)18-39-19-26(35-25-12-10-23(11-13-25)29(38)34-15-14-28(36)37)16-21-6-8-22(9-7-21)24-4-3-5-27(17-24)40-30(31,32)33/h3-13,17,20,26,35H,14-16,18-19H2,1-2H3,(H,34,38)(H,36,37). The van der Waals surface area contributed by atoms with Gasteiger partial charge in [-0.15, -0.1) is 13.2 Å². The normalized spacial score (nSPS) is 12.2. The van der Waals surface area contributed by atoms with E-state index in [0.717, 1.165) is 16.8 Å². The van der Waals surface area contributed by atoms with E-state index in [1.807, 2.05) is 24.3 Å². The van der Waals surface area contributed by atoms with E-state index in [1.54, 1.807) is 30.3 Å². The van der Waals surface area contributed by atoms with Crippen LogP contribution in [0.25, 0.3) is 11.1 Å². The zero-order valence-corrected chi connectivity index (χ0v) is 22.3. The zero-order valence-electron chi connectivity index (χ0n) is 22.3. The lowest BCUT2D eigenvalue weighted by atomic mass is 10.0. The number of ether oxygens (including phenoxy) is 2. The van der Waals surface area contributed by atoms with Gasteiger partial charge in [-0.1, -0.05) is 50.2 Å². The molecule has 0 aliphatic rings. The first-order chi connectivity index (χ1) is 19.0. The molecule has 1 amide bonds. The largest absolute Gasteiger partial charge is 0.573 e. The van der Waals surface area contributed by atoms with Crippen LogP contribution in [0.3, 0.4) is 0 Å². The highest BCUT2D eigenvalue weighted by atomic mass is 19.4. The van der Waals surface area contributed by atoms with Crippen LogP contribution in [0.5, 0.6) is 5.75 Å². The molecule has 0 fully saturated rings. The first-order valence-electron chi connectivity index (χ1n) is 12.9. The molecule has 7 nitrogen and oxygen atoms in total. The summed E-state index contributed by atoms with van der Waals surface area (Å²) in [4.78, 5) is 22.8. The first-order valence-corrected chi connectivity index (χ1v) is 12.9. The molecule has 3 N–H and O–H groups in total. The van der Waals surface area contributed by atoms with Crippen molar-refractivity contribution in [3.63, 3.8) is 0 Å². The molecular weight excluding hydrogens is 525 g/mol. The van der Waals surface area contributed by atoms with Gasteiger partial charge in [-0.3, -0.25) is 9.59 Å². The third-order valence-corrected chi connectivity index (χ3v) is 5.75. The van der Waals surface area contributed by atoms with Crippen LogP contribution in [-0.2, 0) is 16.0 Å². The zero-order chi connectivity index (χ0) is 29.1. The lowest BCUT2D eigenvalue weighted by molar-refractivity contribution is -0.274. The molecule has 3 aromatic carbocycles. The number of nitrogens with one attached hydrogen (secondary N) is 2. The summed E-state index contributed by atoms with van der Waals surface area (Å²) in [5.74, 6) is -1.23. The Morgan fingerprint density at radius 3 is 2.25 bits per heavy atom. The molecule has 40 heavy (non-hydrogen) atoms. The van der Waals surface area contributed by atoms with E-state index < -0.39 is 12.3 Å². The summed E-state index contributed by atoms with van der Waals surface area (Å²) in [5.41, 5.74) is 3.58. The number of aliphatic carboxylic acids is 1. The number of benzene rings is 3. The van der Waals surface area contributed by atoms with Gasteiger partial charge in [0.1, 0.15) is 5.75 Å². The van der Waals surface area contributed by atoms with E-state index in [0.29, 0.717) is 36.7 Å². The maximum Gasteiger partial charge on any atom is 0.573 e. The molecule has 1 atom stereocenters. The minimum Gasteiger partial charge on any atom is -0.481 e. The molecule has 3 rings (SSSR count). The Morgan fingerprint density at radius 1 is 0.925 bits per heavy atom. The molecule has 10 heteroatoms. The minimum absolute atomic E-state index is 0.0506. The van der Waals surface area contributed by atoms with E-state index >= 15 is 0 Å². The summed E-state index contributed by atoms with van der Waals surface area (Å²) in [5, 5.41) is 14.7. The van der Waals surface area contributed by atoms with E-state index in [-0.39, 0.29) is 30.7 Å². The number of halogens is 3. The van der Waals surface area contributed by atoms with Gasteiger partial charge >= 0.3 is 12.3 Å². The summed E-state index contributed by atoms with van der Waals surface area (Å²) < 4.78 is 47.7. The molecule has 3 aromatic rings. The highest BCUT2D eigenvalue weighted by Gasteiger charge is 2.31. The Labute approximate surface area is 231 Å². The predicted octanol–water partition coefficient (Wildman–Crippen LogP) is 6.15. The lowest BCUT2D eigenvalue weighted by Crippen LogP contribution is -2.29. The molecule has 0 aromatic heterocycles. The number of carboxylic acids is 1. The van der Waals surface area contributed by atoms with Gasteiger partial charge in [-0.05, 0) is 65.4 Å². The number of carboxylic acid groups (broad SMARTS) is 1. The quantitative estimate of drug-likeness (QED) is 0.220. The number of alkyl halides is 3. The summed E-state index contributed by atoms with van der Waals surface area (Å²) in [6, 6.07) is 20.2. The van der Waals surface area contributed by atoms with E-state index in [2.05, 4.69) is 29.2 Å². The van der Waals surface area contributed by atoms with Gasteiger partial charge in [0.2, 0.25) is 0 Å². The molecule has 0 saturated heterocycles. The van der Waals surface area contributed by atoms with Crippen LogP contribution in [-0.4, -0.2) is 49.1 Å². The molecule has 0 aliphatic carbocycles. The van der Waals surface area contributed by atoms with E-state index in [9.17, 15) is 22.8 Å². The molecule has 0 bridgehead atoms. The minimum atomic E-state index is -4.75. The van der Waals surface area contributed by atoms with Crippen molar-refractivity contribution < 1.29 is 37.3 Å². The maximum atomic E-state index is 12.6. The van der Waals surface area contributed by atoms with Crippen molar-refractivity contribution in [2.75, 3.05) is 25.1 Å². The van der Waals surface area contributed by atoms with Gasteiger partial charge in [0.05, 0.1) is 19.1 Å². The van der Waals surface area contributed by atoms with Gasteiger partial charge < -0.3 is 25.2 Å². The molecule has 0 aliphatic heterocycles. The Morgan fingerprint density at radius 2 is 1.62 bits per heavy atom. The van der Waals surface area contributed by atoms with Crippen molar-refractivity contribution >= 4 is 17.6 Å².